The van der Waals surface area contributed by atoms with E-state index >= 15 is 0 Å². The fourth-order valence-electron chi connectivity index (χ4n) is 1.29. The van der Waals surface area contributed by atoms with Gasteiger partial charge in [0.15, 0.2) is 0 Å². The van der Waals surface area contributed by atoms with Crippen LogP contribution in [-0.4, -0.2) is 35.3 Å². The van der Waals surface area contributed by atoms with E-state index in [0.717, 1.165) is 30.4 Å². The maximum atomic E-state index is 5.91. The lowest BCUT2D eigenvalue weighted by Crippen LogP contribution is -2.25. The minimum Gasteiger partial charge on any atom is -0.303 e. The molecule has 90 valence electrons. The van der Waals surface area contributed by atoms with Gasteiger partial charge in [-0.25, -0.2) is 4.98 Å². The van der Waals surface area contributed by atoms with Crippen LogP contribution in [0.5, 0.6) is 0 Å². The van der Waals surface area contributed by atoms with E-state index in [9.17, 15) is 0 Å². The van der Waals surface area contributed by atoms with E-state index in [4.69, 9.17) is 23.2 Å². The Morgan fingerprint density at radius 3 is 2.50 bits per heavy atom. The van der Waals surface area contributed by atoms with E-state index in [2.05, 4.69) is 23.7 Å². The first-order valence-corrected chi connectivity index (χ1v) is 7.07. The number of hydrogen-bond donors (Lipinski definition) is 0. The number of thioether (sulfide) groups is 1. The predicted molar refractivity (Wildman–Crippen MR) is 72.8 cm³/mol. The molecule has 0 bridgehead atoms. The van der Waals surface area contributed by atoms with Crippen LogP contribution >= 0.6 is 35.0 Å². The Morgan fingerprint density at radius 1 is 1.25 bits per heavy atom. The molecule has 0 saturated carbocycles. The Labute approximate surface area is 111 Å². The number of aromatic nitrogens is 1. The van der Waals surface area contributed by atoms with E-state index in [-0.39, 0.29) is 0 Å². The largest absolute Gasteiger partial charge is 0.303 e. The maximum absolute atomic E-state index is 5.91. The molecule has 0 unspecified atom stereocenters. The zero-order chi connectivity index (χ0) is 12.0. The summed E-state index contributed by atoms with van der Waals surface area (Å²) in [7, 11) is 0. The summed E-state index contributed by atoms with van der Waals surface area (Å²) >= 11 is 13.4. The van der Waals surface area contributed by atoms with Crippen molar-refractivity contribution in [3.8, 4) is 0 Å². The minimum atomic E-state index is 0.509. The number of hydrogen-bond acceptors (Lipinski definition) is 3. The summed E-state index contributed by atoms with van der Waals surface area (Å²) in [6.45, 7) is 7.59. The average molecular weight is 279 g/mol. The third-order valence-corrected chi connectivity index (χ3v) is 3.95. The molecule has 5 heteroatoms. The molecule has 1 aromatic rings. The molecule has 16 heavy (non-hydrogen) atoms. The summed E-state index contributed by atoms with van der Waals surface area (Å²) in [6.07, 6.45) is 1.60. The fourth-order valence-corrected chi connectivity index (χ4v) is 2.50. The topological polar surface area (TPSA) is 16.1 Å². The van der Waals surface area contributed by atoms with Gasteiger partial charge in [0, 0.05) is 18.5 Å². The second kappa shape index (κ2) is 7.38. The van der Waals surface area contributed by atoms with E-state index in [1.54, 1.807) is 18.0 Å². The summed E-state index contributed by atoms with van der Waals surface area (Å²) in [5.41, 5.74) is 0. The number of pyridine rings is 1. The third-order valence-electron chi connectivity index (χ3n) is 2.34. The Bertz CT molecular complexity index is 330. The maximum Gasteiger partial charge on any atom is 0.0976 e. The Morgan fingerprint density at radius 2 is 1.94 bits per heavy atom. The van der Waals surface area contributed by atoms with Gasteiger partial charge in [0.1, 0.15) is 0 Å². The molecule has 2 nitrogen and oxygen atoms in total. The molecule has 0 N–H and O–H groups in total. The van der Waals surface area contributed by atoms with Crippen molar-refractivity contribution in [1.29, 1.82) is 0 Å². The standard InChI is InChI=1S/C11H16Cl2N2S/c1-3-15(4-2)5-6-16-11-7-9(12)10(13)8-14-11/h7-8H,3-6H2,1-2H3. The molecule has 0 atom stereocenters. The highest BCUT2D eigenvalue weighted by molar-refractivity contribution is 7.99. The van der Waals surface area contributed by atoms with Crippen LogP contribution in [0.1, 0.15) is 13.8 Å². The lowest BCUT2D eigenvalue weighted by atomic mass is 10.5. The molecule has 0 saturated heterocycles. The Balaban J connectivity index is 2.40. The molecule has 0 spiro atoms. The quantitative estimate of drug-likeness (QED) is 0.736. The van der Waals surface area contributed by atoms with Crippen LogP contribution in [0.4, 0.5) is 0 Å². The van der Waals surface area contributed by atoms with Gasteiger partial charge >= 0.3 is 0 Å². The fraction of sp³-hybridized carbons (Fsp3) is 0.545. The zero-order valence-corrected chi connectivity index (χ0v) is 11.9. The molecule has 0 aliphatic rings. The van der Waals surface area contributed by atoms with Gasteiger partial charge in [-0.1, -0.05) is 37.0 Å². The van der Waals surface area contributed by atoms with Crippen LogP contribution in [0, 0.1) is 0 Å². The summed E-state index contributed by atoms with van der Waals surface area (Å²) in [4.78, 5) is 6.60. The van der Waals surface area contributed by atoms with Crippen molar-refractivity contribution < 1.29 is 0 Å². The Kier molecular flexibility index (Phi) is 6.51. The summed E-state index contributed by atoms with van der Waals surface area (Å²) in [5.74, 6) is 1.02. The van der Waals surface area contributed by atoms with Crippen LogP contribution in [0.15, 0.2) is 17.3 Å². The zero-order valence-electron chi connectivity index (χ0n) is 9.54. The number of rotatable bonds is 6. The van der Waals surface area contributed by atoms with E-state index in [1.165, 1.54) is 0 Å². The summed E-state index contributed by atoms with van der Waals surface area (Å²) in [5, 5.41) is 2.01. The van der Waals surface area contributed by atoms with Crippen LogP contribution < -0.4 is 0 Å². The van der Waals surface area contributed by atoms with Gasteiger partial charge < -0.3 is 4.90 Å². The monoisotopic (exact) mass is 278 g/mol. The van der Waals surface area contributed by atoms with E-state index in [1.807, 2.05) is 6.07 Å². The summed E-state index contributed by atoms with van der Waals surface area (Å²) < 4.78 is 0. The molecule has 0 radical (unpaired) electrons. The van der Waals surface area contributed by atoms with Gasteiger partial charge in [-0.2, -0.15) is 0 Å². The van der Waals surface area contributed by atoms with Gasteiger partial charge in [-0.15, -0.1) is 11.8 Å². The molecule has 0 fully saturated rings. The molecule has 1 heterocycles. The molecule has 0 aliphatic carbocycles. The van der Waals surface area contributed by atoms with Crippen molar-refractivity contribution in [2.45, 2.75) is 18.9 Å². The van der Waals surface area contributed by atoms with Crippen LogP contribution in [0.3, 0.4) is 0 Å². The van der Waals surface area contributed by atoms with Gasteiger partial charge in [-0.3, -0.25) is 0 Å². The lowest BCUT2D eigenvalue weighted by molar-refractivity contribution is 0.324. The third kappa shape index (κ3) is 4.50. The van der Waals surface area contributed by atoms with Gasteiger partial charge in [-0.05, 0) is 19.2 Å². The smallest absolute Gasteiger partial charge is 0.0976 e. The van der Waals surface area contributed by atoms with Crippen LogP contribution in [0.2, 0.25) is 10.0 Å². The molecular weight excluding hydrogens is 263 g/mol. The normalized spacial score (nSPS) is 11.1. The molecule has 0 aliphatic heterocycles. The average Bonchev–Trinajstić information content (AvgIpc) is 2.29. The molecule has 1 rings (SSSR count). The molecule has 0 amide bonds. The molecular formula is C11H16Cl2N2S. The molecule has 1 aromatic heterocycles. The minimum absolute atomic E-state index is 0.509. The molecule has 0 aromatic carbocycles. The van der Waals surface area contributed by atoms with Gasteiger partial charge in [0.05, 0.1) is 15.1 Å². The first-order valence-electron chi connectivity index (χ1n) is 5.33. The highest BCUT2D eigenvalue weighted by Crippen LogP contribution is 2.25. The van der Waals surface area contributed by atoms with E-state index < -0.39 is 0 Å². The Hall–Kier alpha value is 0.0400. The number of nitrogens with zero attached hydrogens (tertiary/aromatic N) is 2. The first kappa shape index (κ1) is 14.1. The second-order valence-electron chi connectivity index (χ2n) is 3.31. The van der Waals surface area contributed by atoms with E-state index in [0.29, 0.717) is 10.0 Å². The van der Waals surface area contributed by atoms with Crippen molar-refractivity contribution >= 4 is 35.0 Å². The van der Waals surface area contributed by atoms with Crippen molar-refractivity contribution in [2.75, 3.05) is 25.4 Å². The van der Waals surface area contributed by atoms with Gasteiger partial charge in [0.25, 0.3) is 0 Å². The van der Waals surface area contributed by atoms with Crippen molar-refractivity contribution in [3.63, 3.8) is 0 Å². The van der Waals surface area contributed by atoms with Crippen molar-refractivity contribution in [2.24, 2.45) is 0 Å². The second-order valence-corrected chi connectivity index (χ2v) is 5.24. The van der Waals surface area contributed by atoms with Gasteiger partial charge in [0.2, 0.25) is 0 Å². The SMILES string of the molecule is CCN(CC)CCSc1cc(Cl)c(Cl)cn1. The highest BCUT2D eigenvalue weighted by Gasteiger charge is 2.03. The lowest BCUT2D eigenvalue weighted by Gasteiger charge is -2.17. The summed E-state index contributed by atoms with van der Waals surface area (Å²) in [6, 6.07) is 1.82. The van der Waals surface area contributed by atoms with Crippen molar-refractivity contribution in [1.82, 2.24) is 9.88 Å². The van der Waals surface area contributed by atoms with Crippen LogP contribution in [0.25, 0.3) is 0 Å². The van der Waals surface area contributed by atoms with Crippen LogP contribution in [-0.2, 0) is 0 Å². The number of halogens is 2. The highest BCUT2D eigenvalue weighted by atomic mass is 35.5. The van der Waals surface area contributed by atoms with Crippen molar-refractivity contribution in [3.05, 3.63) is 22.3 Å². The predicted octanol–water partition coefficient (Wildman–Crippen LogP) is 3.82. The first-order chi connectivity index (χ1) is 7.67.